The van der Waals surface area contributed by atoms with Crippen LogP contribution in [0.4, 0.5) is 13.2 Å². The lowest BCUT2D eigenvalue weighted by molar-refractivity contribution is 0.0931. The zero-order valence-electron chi connectivity index (χ0n) is 8.60. The Morgan fingerprint density at radius 1 is 1.19 bits per heavy atom. The Labute approximate surface area is 91.3 Å². The summed E-state index contributed by atoms with van der Waals surface area (Å²) in [5.74, 6) is -4.37. The Morgan fingerprint density at radius 3 is 2.44 bits per heavy atom. The fourth-order valence-corrected chi connectivity index (χ4v) is 1.81. The summed E-state index contributed by atoms with van der Waals surface area (Å²) in [4.78, 5) is 11.6. The zero-order chi connectivity index (χ0) is 11.7. The number of carbonyl (C=O) groups is 1. The van der Waals surface area contributed by atoms with Crippen molar-refractivity contribution < 1.29 is 18.0 Å². The summed E-state index contributed by atoms with van der Waals surface area (Å²) in [6.45, 7) is 0. The highest BCUT2D eigenvalue weighted by Gasteiger charge is 2.24. The van der Waals surface area contributed by atoms with Gasteiger partial charge in [-0.15, -0.1) is 0 Å². The van der Waals surface area contributed by atoms with Crippen molar-refractivity contribution in [1.82, 2.24) is 0 Å². The van der Waals surface area contributed by atoms with Crippen LogP contribution >= 0.6 is 0 Å². The van der Waals surface area contributed by atoms with Gasteiger partial charge in [-0.2, -0.15) is 0 Å². The maximum Gasteiger partial charge on any atom is 0.195 e. The van der Waals surface area contributed by atoms with Gasteiger partial charge in [0.2, 0.25) is 0 Å². The quantitative estimate of drug-likeness (QED) is 0.571. The lowest BCUT2D eigenvalue weighted by Crippen LogP contribution is -2.17. The molecule has 0 radical (unpaired) electrons. The van der Waals surface area contributed by atoms with Gasteiger partial charge in [0.15, 0.2) is 23.2 Å². The van der Waals surface area contributed by atoms with E-state index in [2.05, 4.69) is 0 Å². The molecule has 0 heterocycles. The first-order valence-electron chi connectivity index (χ1n) is 5.26. The minimum atomic E-state index is -1.57. The van der Waals surface area contributed by atoms with E-state index in [1.165, 1.54) is 0 Å². The van der Waals surface area contributed by atoms with Gasteiger partial charge in [-0.05, 0) is 18.1 Å². The number of Topliss-reactive ketones (excluding diaryl/α,β-unsaturated/α-hetero) is 1. The van der Waals surface area contributed by atoms with Crippen LogP contribution < -0.4 is 0 Å². The van der Waals surface area contributed by atoms with E-state index in [4.69, 9.17) is 0 Å². The van der Waals surface area contributed by atoms with Gasteiger partial charge in [0.05, 0.1) is 5.56 Å². The van der Waals surface area contributed by atoms with Crippen LogP contribution in [0.3, 0.4) is 0 Å². The van der Waals surface area contributed by atoms with Gasteiger partial charge in [0.1, 0.15) is 0 Å². The fourth-order valence-electron chi connectivity index (χ4n) is 1.81. The Kier molecular flexibility index (Phi) is 2.99. The van der Waals surface area contributed by atoms with E-state index in [0.29, 0.717) is 0 Å². The van der Waals surface area contributed by atoms with Gasteiger partial charge in [0, 0.05) is 6.42 Å². The molecule has 1 aliphatic rings. The second-order valence-corrected chi connectivity index (χ2v) is 4.15. The maximum atomic E-state index is 13.2. The van der Waals surface area contributed by atoms with E-state index in [0.717, 1.165) is 31.4 Å². The van der Waals surface area contributed by atoms with Gasteiger partial charge in [-0.1, -0.05) is 19.3 Å². The van der Waals surface area contributed by atoms with Crippen molar-refractivity contribution in [2.24, 2.45) is 5.92 Å². The minimum absolute atomic E-state index is 0.224. The van der Waals surface area contributed by atoms with Crippen LogP contribution in [0, 0.1) is 23.4 Å². The molecule has 0 bridgehead atoms. The van der Waals surface area contributed by atoms with E-state index < -0.39 is 23.2 Å². The molecular weight excluding hydrogens is 217 g/mol. The predicted molar refractivity (Wildman–Crippen MR) is 52.6 cm³/mol. The van der Waals surface area contributed by atoms with Gasteiger partial charge >= 0.3 is 0 Å². The normalized spacial score (nSPS) is 15.9. The number of benzene rings is 1. The molecule has 4 heteroatoms. The van der Waals surface area contributed by atoms with Crippen LogP contribution in [0.2, 0.25) is 0 Å². The summed E-state index contributed by atoms with van der Waals surface area (Å²) in [7, 11) is 0. The van der Waals surface area contributed by atoms with Crippen LogP contribution in [0.25, 0.3) is 0 Å². The highest BCUT2D eigenvalue weighted by molar-refractivity contribution is 5.96. The molecule has 0 aromatic heterocycles. The van der Waals surface area contributed by atoms with Gasteiger partial charge in [-0.3, -0.25) is 4.79 Å². The predicted octanol–water partition coefficient (Wildman–Crippen LogP) is 3.48. The van der Waals surface area contributed by atoms with Crippen molar-refractivity contribution in [3.05, 3.63) is 35.1 Å². The SMILES string of the molecule is O=C(CC1CCC1)c1ccc(F)c(F)c1F. The topological polar surface area (TPSA) is 17.1 Å². The molecule has 86 valence electrons. The fraction of sp³-hybridized carbons (Fsp3) is 0.417. The third-order valence-corrected chi connectivity index (χ3v) is 3.03. The molecule has 0 saturated heterocycles. The van der Waals surface area contributed by atoms with Crippen LogP contribution in [-0.2, 0) is 0 Å². The highest BCUT2D eigenvalue weighted by atomic mass is 19.2. The largest absolute Gasteiger partial charge is 0.294 e. The standard InChI is InChI=1S/C12H11F3O/c13-9-5-4-8(11(14)12(9)15)10(16)6-7-2-1-3-7/h4-5,7H,1-3,6H2. The molecule has 0 spiro atoms. The van der Waals surface area contributed by atoms with Crippen molar-refractivity contribution in [2.75, 3.05) is 0 Å². The van der Waals surface area contributed by atoms with Gasteiger partial charge < -0.3 is 0 Å². The number of carbonyl (C=O) groups excluding carboxylic acids is 1. The van der Waals surface area contributed by atoms with Gasteiger partial charge in [0.25, 0.3) is 0 Å². The second-order valence-electron chi connectivity index (χ2n) is 4.15. The Hall–Kier alpha value is -1.32. The van der Waals surface area contributed by atoms with E-state index in [-0.39, 0.29) is 17.9 Å². The summed E-state index contributed by atoms with van der Waals surface area (Å²) in [6.07, 6.45) is 3.22. The van der Waals surface area contributed by atoms with Crippen molar-refractivity contribution >= 4 is 5.78 Å². The molecule has 1 aromatic carbocycles. The third kappa shape index (κ3) is 1.96. The maximum absolute atomic E-state index is 13.2. The average Bonchev–Trinajstić information content (AvgIpc) is 2.20. The van der Waals surface area contributed by atoms with Crippen molar-refractivity contribution in [3.8, 4) is 0 Å². The lowest BCUT2D eigenvalue weighted by atomic mass is 9.81. The second kappa shape index (κ2) is 4.28. The molecule has 1 fully saturated rings. The lowest BCUT2D eigenvalue weighted by Gasteiger charge is -2.24. The first-order chi connectivity index (χ1) is 7.59. The van der Waals surface area contributed by atoms with Crippen LogP contribution in [0.1, 0.15) is 36.0 Å². The monoisotopic (exact) mass is 228 g/mol. The third-order valence-electron chi connectivity index (χ3n) is 3.03. The summed E-state index contributed by atoms with van der Waals surface area (Å²) >= 11 is 0. The number of ketones is 1. The van der Waals surface area contributed by atoms with Gasteiger partial charge in [-0.25, -0.2) is 13.2 Å². The number of halogens is 3. The highest BCUT2D eigenvalue weighted by Crippen LogP contribution is 2.31. The zero-order valence-corrected chi connectivity index (χ0v) is 8.60. The average molecular weight is 228 g/mol. The van der Waals surface area contributed by atoms with E-state index >= 15 is 0 Å². The summed E-state index contributed by atoms with van der Waals surface area (Å²) in [6, 6.07) is 1.79. The van der Waals surface area contributed by atoms with E-state index in [9.17, 15) is 18.0 Å². The van der Waals surface area contributed by atoms with E-state index in [1.807, 2.05) is 0 Å². The minimum Gasteiger partial charge on any atom is -0.294 e. The molecule has 1 nitrogen and oxygen atoms in total. The summed E-state index contributed by atoms with van der Waals surface area (Å²) in [5.41, 5.74) is -0.342. The number of hydrogen-bond donors (Lipinski definition) is 0. The van der Waals surface area contributed by atoms with Crippen LogP contribution in [0.15, 0.2) is 12.1 Å². The molecule has 0 unspecified atom stereocenters. The van der Waals surface area contributed by atoms with Crippen molar-refractivity contribution in [2.45, 2.75) is 25.7 Å². The Balaban J connectivity index is 2.19. The Bertz CT molecular complexity index is 425. The molecule has 0 amide bonds. The molecule has 0 N–H and O–H groups in total. The summed E-state index contributed by atoms with van der Waals surface area (Å²) < 4.78 is 38.8. The van der Waals surface area contributed by atoms with Crippen molar-refractivity contribution in [3.63, 3.8) is 0 Å². The molecule has 0 aliphatic heterocycles. The van der Waals surface area contributed by atoms with Crippen molar-refractivity contribution in [1.29, 1.82) is 0 Å². The number of rotatable bonds is 3. The van der Waals surface area contributed by atoms with E-state index in [1.54, 1.807) is 0 Å². The molecule has 1 aliphatic carbocycles. The smallest absolute Gasteiger partial charge is 0.195 e. The molecule has 1 saturated carbocycles. The van der Waals surface area contributed by atoms with Crippen LogP contribution in [-0.4, -0.2) is 5.78 Å². The van der Waals surface area contributed by atoms with Crippen LogP contribution in [0.5, 0.6) is 0 Å². The number of hydrogen-bond acceptors (Lipinski definition) is 1. The first-order valence-corrected chi connectivity index (χ1v) is 5.26. The molecule has 2 rings (SSSR count). The summed E-state index contributed by atoms with van der Waals surface area (Å²) in [5, 5.41) is 0. The molecular formula is C12H11F3O. The molecule has 0 atom stereocenters. The first kappa shape index (κ1) is 11.2. The molecule has 16 heavy (non-hydrogen) atoms. The Morgan fingerprint density at radius 2 is 1.88 bits per heavy atom. The molecule has 1 aromatic rings.